The fourth-order valence-electron chi connectivity index (χ4n) is 2.11. The van der Waals surface area contributed by atoms with Gasteiger partial charge in [0.15, 0.2) is 10.8 Å². The van der Waals surface area contributed by atoms with E-state index in [4.69, 9.17) is 23.2 Å². The summed E-state index contributed by atoms with van der Waals surface area (Å²) in [6, 6.07) is 7.55. The zero-order valence-electron chi connectivity index (χ0n) is 11.5. The number of aromatic nitrogens is 4. The fourth-order valence-corrected chi connectivity index (χ4v) is 2.59. The summed E-state index contributed by atoms with van der Waals surface area (Å²) >= 11 is 11.8. The number of hydrogen-bond donors (Lipinski definition) is 1. The number of halogens is 2. The van der Waals surface area contributed by atoms with E-state index in [1.807, 2.05) is 31.2 Å². The summed E-state index contributed by atoms with van der Waals surface area (Å²) in [5.41, 5.74) is 2.63. The first-order valence-corrected chi connectivity index (χ1v) is 7.19. The van der Waals surface area contributed by atoms with Crippen LogP contribution in [0.25, 0.3) is 11.2 Å². The lowest BCUT2D eigenvalue weighted by Gasteiger charge is -2.07. The number of amides is 1. The van der Waals surface area contributed by atoms with Gasteiger partial charge in [0.2, 0.25) is 11.2 Å². The number of imidazole rings is 1. The van der Waals surface area contributed by atoms with Crippen LogP contribution < -0.4 is 5.32 Å². The first kappa shape index (κ1) is 14.7. The van der Waals surface area contributed by atoms with E-state index in [0.717, 1.165) is 11.3 Å². The number of anilines is 1. The summed E-state index contributed by atoms with van der Waals surface area (Å²) in [5, 5.41) is 3.00. The van der Waals surface area contributed by atoms with Gasteiger partial charge in [0.05, 0.1) is 6.33 Å². The van der Waals surface area contributed by atoms with Gasteiger partial charge in [-0.05, 0) is 36.2 Å². The Balaban J connectivity index is 1.83. The Morgan fingerprint density at radius 1 is 1.32 bits per heavy atom. The molecule has 6 nitrogen and oxygen atoms in total. The normalized spacial score (nSPS) is 10.9. The molecule has 1 N–H and O–H groups in total. The molecule has 3 rings (SSSR count). The van der Waals surface area contributed by atoms with Crippen molar-refractivity contribution in [3.05, 3.63) is 46.6 Å². The molecular formula is C14H11Cl2N5O. The topological polar surface area (TPSA) is 72.7 Å². The first-order chi connectivity index (χ1) is 10.5. The third-order valence-electron chi connectivity index (χ3n) is 3.02. The molecule has 22 heavy (non-hydrogen) atoms. The van der Waals surface area contributed by atoms with Gasteiger partial charge < -0.3 is 9.88 Å². The van der Waals surface area contributed by atoms with Crippen LogP contribution >= 0.6 is 23.2 Å². The average molecular weight is 336 g/mol. The number of benzene rings is 1. The van der Waals surface area contributed by atoms with Crippen LogP contribution in [0.15, 0.2) is 30.6 Å². The average Bonchev–Trinajstić information content (AvgIpc) is 2.81. The van der Waals surface area contributed by atoms with Crippen molar-refractivity contribution in [2.24, 2.45) is 0 Å². The predicted octanol–water partition coefficient (Wildman–Crippen LogP) is 3.08. The van der Waals surface area contributed by atoms with E-state index >= 15 is 0 Å². The van der Waals surface area contributed by atoms with Gasteiger partial charge in [0.25, 0.3) is 0 Å². The minimum absolute atomic E-state index is 0.0203. The van der Waals surface area contributed by atoms with Crippen LogP contribution in [0.3, 0.4) is 0 Å². The molecule has 3 aromatic rings. The SMILES string of the molecule is Cc1cccc(NC(=O)Cn2cnc3nc(Cl)nc(Cl)c32)c1. The van der Waals surface area contributed by atoms with E-state index in [-0.39, 0.29) is 22.9 Å². The van der Waals surface area contributed by atoms with Gasteiger partial charge >= 0.3 is 0 Å². The van der Waals surface area contributed by atoms with E-state index in [9.17, 15) is 4.79 Å². The highest BCUT2D eigenvalue weighted by Gasteiger charge is 2.13. The monoisotopic (exact) mass is 335 g/mol. The smallest absolute Gasteiger partial charge is 0.244 e. The molecule has 0 atom stereocenters. The fraction of sp³-hybridized carbons (Fsp3) is 0.143. The number of rotatable bonds is 3. The Bertz CT molecular complexity index is 862. The molecule has 8 heteroatoms. The van der Waals surface area contributed by atoms with Crippen molar-refractivity contribution in [2.75, 3.05) is 5.32 Å². The molecule has 0 unspecified atom stereocenters. The van der Waals surface area contributed by atoms with Crippen LogP contribution in [0, 0.1) is 6.92 Å². The quantitative estimate of drug-likeness (QED) is 0.589. The summed E-state index contributed by atoms with van der Waals surface area (Å²) in [7, 11) is 0. The molecule has 0 radical (unpaired) electrons. The minimum atomic E-state index is -0.198. The molecule has 1 aromatic carbocycles. The predicted molar refractivity (Wildman–Crippen MR) is 85.2 cm³/mol. The van der Waals surface area contributed by atoms with Crippen molar-refractivity contribution < 1.29 is 4.79 Å². The van der Waals surface area contributed by atoms with Gasteiger partial charge in [-0.2, -0.15) is 4.98 Å². The second-order valence-electron chi connectivity index (χ2n) is 4.75. The van der Waals surface area contributed by atoms with Crippen LogP contribution in [-0.4, -0.2) is 25.4 Å². The number of nitrogens with zero attached hydrogens (tertiary/aromatic N) is 4. The molecule has 0 saturated heterocycles. The number of nitrogens with one attached hydrogen (secondary N) is 1. The molecule has 2 heterocycles. The number of aryl methyl sites for hydroxylation is 1. The molecule has 1 amide bonds. The Labute approximate surface area is 136 Å². The number of carbonyl (C=O) groups excluding carboxylic acids is 1. The van der Waals surface area contributed by atoms with Gasteiger partial charge in [-0.15, -0.1) is 0 Å². The maximum absolute atomic E-state index is 12.1. The van der Waals surface area contributed by atoms with Crippen LogP contribution in [0.5, 0.6) is 0 Å². The summed E-state index contributed by atoms with van der Waals surface area (Å²) in [6.07, 6.45) is 1.48. The van der Waals surface area contributed by atoms with E-state index in [1.54, 1.807) is 4.57 Å². The Morgan fingerprint density at radius 3 is 2.91 bits per heavy atom. The van der Waals surface area contributed by atoms with Crippen LogP contribution in [0.2, 0.25) is 10.4 Å². The zero-order valence-corrected chi connectivity index (χ0v) is 13.1. The Morgan fingerprint density at radius 2 is 2.14 bits per heavy atom. The van der Waals surface area contributed by atoms with Gasteiger partial charge in [-0.1, -0.05) is 23.7 Å². The van der Waals surface area contributed by atoms with Crippen molar-refractivity contribution in [1.82, 2.24) is 19.5 Å². The lowest BCUT2D eigenvalue weighted by atomic mass is 10.2. The van der Waals surface area contributed by atoms with Crippen LogP contribution in [0.1, 0.15) is 5.56 Å². The molecule has 0 fully saturated rings. The molecule has 0 bridgehead atoms. The van der Waals surface area contributed by atoms with E-state index < -0.39 is 0 Å². The standard InChI is InChI=1S/C14H11Cl2N5O/c1-8-3-2-4-9(5-8)18-10(22)6-21-7-17-13-11(21)12(15)19-14(16)20-13/h2-5,7H,6H2,1H3,(H,18,22). The summed E-state index contributed by atoms with van der Waals surface area (Å²) in [5.74, 6) is -0.198. The maximum Gasteiger partial charge on any atom is 0.244 e. The molecule has 112 valence electrons. The second-order valence-corrected chi connectivity index (χ2v) is 5.44. The lowest BCUT2D eigenvalue weighted by Crippen LogP contribution is -2.18. The molecule has 0 aliphatic carbocycles. The second kappa shape index (κ2) is 5.90. The molecule has 0 aliphatic heterocycles. The van der Waals surface area contributed by atoms with Gasteiger partial charge in [-0.25, -0.2) is 9.97 Å². The Kier molecular flexibility index (Phi) is 3.96. The lowest BCUT2D eigenvalue weighted by molar-refractivity contribution is -0.116. The van der Waals surface area contributed by atoms with E-state index in [0.29, 0.717) is 11.2 Å². The van der Waals surface area contributed by atoms with E-state index in [2.05, 4.69) is 20.3 Å². The first-order valence-electron chi connectivity index (χ1n) is 6.43. The number of carbonyl (C=O) groups is 1. The largest absolute Gasteiger partial charge is 0.325 e. The minimum Gasteiger partial charge on any atom is -0.325 e. The number of hydrogen-bond acceptors (Lipinski definition) is 4. The highest BCUT2D eigenvalue weighted by atomic mass is 35.5. The zero-order chi connectivity index (χ0) is 15.7. The highest BCUT2D eigenvalue weighted by Crippen LogP contribution is 2.21. The number of fused-ring (bicyclic) bond motifs is 1. The Hall–Kier alpha value is -2.18. The van der Waals surface area contributed by atoms with Gasteiger partial charge in [0.1, 0.15) is 12.1 Å². The van der Waals surface area contributed by atoms with Gasteiger partial charge in [-0.3, -0.25) is 4.79 Å². The van der Waals surface area contributed by atoms with Crippen molar-refractivity contribution in [3.63, 3.8) is 0 Å². The third kappa shape index (κ3) is 3.03. The van der Waals surface area contributed by atoms with Crippen molar-refractivity contribution in [3.8, 4) is 0 Å². The van der Waals surface area contributed by atoms with Crippen molar-refractivity contribution in [2.45, 2.75) is 13.5 Å². The summed E-state index contributed by atoms with van der Waals surface area (Å²) in [4.78, 5) is 24.1. The van der Waals surface area contributed by atoms with E-state index in [1.165, 1.54) is 6.33 Å². The van der Waals surface area contributed by atoms with Crippen molar-refractivity contribution >= 4 is 46.0 Å². The van der Waals surface area contributed by atoms with Crippen LogP contribution in [0.4, 0.5) is 5.69 Å². The molecule has 0 spiro atoms. The van der Waals surface area contributed by atoms with Gasteiger partial charge in [0, 0.05) is 5.69 Å². The third-order valence-corrected chi connectivity index (χ3v) is 3.45. The van der Waals surface area contributed by atoms with Crippen molar-refractivity contribution in [1.29, 1.82) is 0 Å². The molecule has 0 aliphatic rings. The molecule has 2 aromatic heterocycles. The molecule has 0 saturated carbocycles. The summed E-state index contributed by atoms with van der Waals surface area (Å²) < 4.78 is 1.58. The maximum atomic E-state index is 12.1. The molecular weight excluding hydrogens is 325 g/mol. The highest BCUT2D eigenvalue weighted by molar-refractivity contribution is 6.35. The van der Waals surface area contributed by atoms with Crippen LogP contribution in [-0.2, 0) is 11.3 Å². The summed E-state index contributed by atoms with van der Waals surface area (Å²) in [6.45, 7) is 2.01.